The molecule has 0 spiro atoms. The highest BCUT2D eigenvalue weighted by atomic mass is 35.5. The second kappa shape index (κ2) is 6.58. The Hall–Kier alpha value is -1.72. The molecule has 3 nitrogen and oxygen atoms in total. The summed E-state index contributed by atoms with van der Waals surface area (Å²) in [6.45, 7) is 0.730. The third-order valence-electron chi connectivity index (χ3n) is 3.52. The molecule has 1 N–H and O–H groups in total. The minimum atomic E-state index is -0.436. The van der Waals surface area contributed by atoms with Gasteiger partial charge in [0.2, 0.25) is 0 Å². The number of halogens is 2. The fraction of sp³-hybridized carbons (Fsp3) is 0.250. The van der Waals surface area contributed by atoms with Gasteiger partial charge in [-0.05, 0) is 61.0 Å². The van der Waals surface area contributed by atoms with Crippen LogP contribution in [0.4, 0.5) is 10.1 Å². The van der Waals surface area contributed by atoms with Crippen LogP contribution in [-0.4, -0.2) is 21.0 Å². The summed E-state index contributed by atoms with van der Waals surface area (Å²) in [5, 5.41) is 3.85. The van der Waals surface area contributed by atoms with Crippen molar-refractivity contribution in [3.63, 3.8) is 0 Å². The largest absolute Gasteiger partial charge is 0.342 e. The van der Waals surface area contributed by atoms with Gasteiger partial charge in [0.25, 0.3) is 0 Å². The number of rotatable bonds is 4. The van der Waals surface area contributed by atoms with Crippen LogP contribution in [0.25, 0.3) is 0 Å². The summed E-state index contributed by atoms with van der Waals surface area (Å²) in [6, 6.07) is 8.92. The Balaban J connectivity index is 1.71. The number of nitrogens with zero attached hydrogens (tertiary/aromatic N) is 2. The van der Waals surface area contributed by atoms with Crippen molar-refractivity contribution < 1.29 is 4.39 Å². The van der Waals surface area contributed by atoms with E-state index in [4.69, 9.17) is 23.8 Å². The van der Waals surface area contributed by atoms with Crippen molar-refractivity contribution in [1.82, 2.24) is 9.88 Å². The molecule has 0 amide bonds. The maximum absolute atomic E-state index is 13.2. The van der Waals surface area contributed by atoms with E-state index in [1.807, 2.05) is 12.1 Å². The molecular formula is C16H15ClFN3S. The van der Waals surface area contributed by atoms with E-state index in [1.165, 1.54) is 6.07 Å². The van der Waals surface area contributed by atoms with Crippen molar-refractivity contribution in [2.45, 2.75) is 25.4 Å². The van der Waals surface area contributed by atoms with Crippen LogP contribution in [0, 0.1) is 5.82 Å². The Kier molecular flexibility index (Phi) is 4.55. The van der Waals surface area contributed by atoms with Gasteiger partial charge < -0.3 is 10.2 Å². The van der Waals surface area contributed by atoms with Crippen LogP contribution in [0.15, 0.2) is 42.7 Å². The second-order valence-corrected chi connectivity index (χ2v) is 6.07. The van der Waals surface area contributed by atoms with E-state index in [-0.39, 0.29) is 5.02 Å². The molecule has 22 heavy (non-hydrogen) atoms. The van der Waals surface area contributed by atoms with Crippen molar-refractivity contribution >= 4 is 34.6 Å². The number of nitrogens with one attached hydrogen (secondary N) is 1. The van der Waals surface area contributed by atoms with Gasteiger partial charge in [0, 0.05) is 30.7 Å². The minimum absolute atomic E-state index is 0.0832. The lowest BCUT2D eigenvalue weighted by molar-refractivity contribution is 0.409. The molecule has 0 unspecified atom stereocenters. The first-order valence-electron chi connectivity index (χ1n) is 7.05. The summed E-state index contributed by atoms with van der Waals surface area (Å²) in [7, 11) is 0. The maximum Gasteiger partial charge on any atom is 0.173 e. The predicted molar refractivity (Wildman–Crippen MR) is 90.4 cm³/mol. The molecule has 1 aromatic carbocycles. The molecule has 1 aromatic heterocycles. The van der Waals surface area contributed by atoms with Gasteiger partial charge in [-0.2, -0.15) is 0 Å². The van der Waals surface area contributed by atoms with Crippen molar-refractivity contribution in [2.75, 3.05) is 5.32 Å². The summed E-state index contributed by atoms with van der Waals surface area (Å²) in [5.74, 6) is -0.436. The molecule has 1 heterocycles. The van der Waals surface area contributed by atoms with Gasteiger partial charge in [-0.3, -0.25) is 4.98 Å². The molecule has 0 saturated heterocycles. The molecule has 0 bridgehead atoms. The molecule has 1 saturated carbocycles. The smallest absolute Gasteiger partial charge is 0.173 e. The van der Waals surface area contributed by atoms with E-state index in [0.29, 0.717) is 16.8 Å². The van der Waals surface area contributed by atoms with E-state index < -0.39 is 5.82 Å². The van der Waals surface area contributed by atoms with E-state index in [2.05, 4.69) is 15.2 Å². The monoisotopic (exact) mass is 335 g/mol. The third-order valence-corrected chi connectivity index (χ3v) is 4.15. The number of aromatic nitrogens is 1. The molecule has 3 rings (SSSR count). The molecule has 1 fully saturated rings. The molecule has 0 atom stereocenters. The fourth-order valence-corrected chi connectivity index (χ4v) is 2.72. The summed E-state index contributed by atoms with van der Waals surface area (Å²) < 4.78 is 13.2. The normalized spacial score (nSPS) is 13.7. The van der Waals surface area contributed by atoms with Gasteiger partial charge in [0.1, 0.15) is 5.82 Å². The summed E-state index contributed by atoms with van der Waals surface area (Å²) in [5.41, 5.74) is 1.85. The fourth-order valence-electron chi connectivity index (χ4n) is 2.21. The van der Waals surface area contributed by atoms with Crippen molar-refractivity contribution in [2.24, 2.45) is 0 Å². The van der Waals surface area contributed by atoms with Gasteiger partial charge in [-0.1, -0.05) is 11.6 Å². The minimum Gasteiger partial charge on any atom is -0.342 e. The molecule has 0 aliphatic heterocycles. The number of benzene rings is 1. The Morgan fingerprint density at radius 3 is 2.68 bits per heavy atom. The zero-order valence-corrected chi connectivity index (χ0v) is 13.4. The first kappa shape index (κ1) is 15.2. The standard InChI is InChI=1S/C16H15ClFN3S/c17-14-9-12(1-4-15(14)18)20-16(22)21(13-2-3-13)10-11-5-7-19-8-6-11/h1,4-9,13H,2-3,10H2,(H,20,22). The van der Waals surface area contributed by atoms with Gasteiger partial charge in [-0.25, -0.2) is 4.39 Å². The van der Waals surface area contributed by atoms with Crippen LogP contribution >= 0.6 is 23.8 Å². The van der Waals surface area contributed by atoms with Crippen LogP contribution in [0.3, 0.4) is 0 Å². The second-order valence-electron chi connectivity index (χ2n) is 5.27. The Bertz CT molecular complexity index is 676. The molecule has 2 aromatic rings. The number of anilines is 1. The van der Waals surface area contributed by atoms with Crippen molar-refractivity contribution in [1.29, 1.82) is 0 Å². The van der Waals surface area contributed by atoms with E-state index in [1.54, 1.807) is 24.5 Å². The Labute approximate surface area is 139 Å². The molecular weight excluding hydrogens is 321 g/mol. The molecule has 6 heteroatoms. The van der Waals surface area contributed by atoms with Crippen LogP contribution in [0.5, 0.6) is 0 Å². The predicted octanol–water partition coefficient (Wildman–Crippen LogP) is 4.24. The lowest BCUT2D eigenvalue weighted by atomic mass is 10.2. The lowest BCUT2D eigenvalue weighted by Gasteiger charge is -2.26. The van der Waals surface area contributed by atoms with E-state index >= 15 is 0 Å². The van der Waals surface area contributed by atoms with Gasteiger partial charge in [0.15, 0.2) is 5.11 Å². The van der Waals surface area contributed by atoms with Crippen molar-refractivity contribution in [3.05, 3.63) is 59.1 Å². The highest BCUT2D eigenvalue weighted by Gasteiger charge is 2.30. The van der Waals surface area contributed by atoms with Gasteiger partial charge in [-0.15, -0.1) is 0 Å². The first-order valence-corrected chi connectivity index (χ1v) is 7.83. The molecule has 1 aliphatic carbocycles. The quantitative estimate of drug-likeness (QED) is 0.846. The Morgan fingerprint density at radius 1 is 1.32 bits per heavy atom. The van der Waals surface area contributed by atoms with Crippen LogP contribution < -0.4 is 5.32 Å². The molecule has 114 valence electrons. The zero-order valence-electron chi connectivity index (χ0n) is 11.8. The van der Waals surface area contributed by atoms with Gasteiger partial charge in [0.05, 0.1) is 5.02 Å². The number of thiocarbonyl (C=S) groups is 1. The van der Waals surface area contributed by atoms with E-state index in [9.17, 15) is 4.39 Å². The van der Waals surface area contributed by atoms with Gasteiger partial charge >= 0.3 is 0 Å². The van der Waals surface area contributed by atoms with Crippen LogP contribution in [0.1, 0.15) is 18.4 Å². The van der Waals surface area contributed by atoms with E-state index in [0.717, 1.165) is 24.9 Å². The van der Waals surface area contributed by atoms with Crippen LogP contribution in [-0.2, 0) is 6.54 Å². The average molecular weight is 336 g/mol. The Morgan fingerprint density at radius 2 is 2.05 bits per heavy atom. The molecule has 0 radical (unpaired) electrons. The first-order chi connectivity index (χ1) is 10.6. The summed E-state index contributed by atoms with van der Waals surface area (Å²) in [4.78, 5) is 6.18. The maximum atomic E-state index is 13.2. The number of pyridine rings is 1. The van der Waals surface area contributed by atoms with Crippen molar-refractivity contribution in [3.8, 4) is 0 Å². The average Bonchev–Trinajstić information content (AvgIpc) is 3.34. The van der Waals surface area contributed by atoms with Crippen LogP contribution in [0.2, 0.25) is 5.02 Å². The zero-order chi connectivity index (χ0) is 15.5. The molecule has 1 aliphatic rings. The topological polar surface area (TPSA) is 28.2 Å². The highest BCUT2D eigenvalue weighted by molar-refractivity contribution is 7.80. The summed E-state index contributed by atoms with van der Waals surface area (Å²) in [6.07, 6.45) is 5.82. The lowest BCUT2D eigenvalue weighted by Crippen LogP contribution is -2.36. The highest BCUT2D eigenvalue weighted by Crippen LogP contribution is 2.29. The third kappa shape index (κ3) is 3.72. The summed E-state index contributed by atoms with van der Waals surface area (Å²) >= 11 is 11.3. The number of hydrogen-bond acceptors (Lipinski definition) is 2. The SMILES string of the molecule is Fc1ccc(NC(=S)N(Cc2ccncc2)C2CC2)cc1Cl. The number of hydrogen-bond donors (Lipinski definition) is 1.